The molecule has 0 fully saturated rings. The summed E-state index contributed by atoms with van der Waals surface area (Å²) in [6.45, 7) is 2.40. The van der Waals surface area contributed by atoms with E-state index in [9.17, 15) is 4.79 Å². The summed E-state index contributed by atoms with van der Waals surface area (Å²) in [5.41, 5.74) is 2.03. The molecule has 0 amide bonds. The molecular formula is C12H12N2O3. The molecule has 1 aromatic heterocycles. The van der Waals surface area contributed by atoms with E-state index < -0.39 is 5.97 Å². The molecule has 0 aliphatic heterocycles. The van der Waals surface area contributed by atoms with E-state index in [1.807, 2.05) is 31.2 Å². The molecule has 17 heavy (non-hydrogen) atoms. The van der Waals surface area contributed by atoms with Crippen LogP contribution >= 0.6 is 0 Å². The van der Waals surface area contributed by atoms with Crippen LogP contribution in [0.2, 0.25) is 0 Å². The van der Waals surface area contributed by atoms with Gasteiger partial charge in [-0.25, -0.2) is 4.79 Å². The van der Waals surface area contributed by atoms with Gasteiger partial charge in [0, 0.05) is 11.8 Å². The summed E-state index contributed by atoms with van der Waals surface area (Å²) in [6.07, 6.45) is 0. The van der Waals surface area contributed by atoms with Gasteiger partial charge in [0.15, 0.2) is 11.5 Å². The lowest BCUT2D eigenvalue weighted by Crippen LogP contribution is -2.00. The largest absolute Gasteiger partial charge is 0.476 e. The second-order valence-electron chi connectivity index (χ2n) is 3.65. The van der Waals surface area contributed by atoms with Crippen LogP contribution in [0, 0.1) is 6.92 Å². The predicted molar refractivity (Wildman–Crippen MR) is 62.0 cm³/mol. The molecule has 88 valence electrons. The van der Waals surface area contributed by atoms with E-state index in [2.05, 4.69) is 10.5 Å². The first-order valence-corrected chi connectivity index (χ1v) is 5.15. The average molecular weight is 232 g/mol. The SMILES string of the molecule is Cc1ccccc1NCc1cc(C(=O)O)no1. The van der Waals surface area contributed by atoms with Crippen molar-refractivity contribution in [2.45, 2.75) is 13.5 Å². The molecule has 0 spiro atoms. The van der Waals surface area contributed by atoms with Gasteiger partial charge in [0.1, 0.15) is 0 Å². The maximum atomic E-state index is 10.6. The summed E-state index contributed by atoms with van der Waals surface area (Å²) >= 11 is 0. The van der Waals surface area contributed by atoms with Crippen molar-refractivity contribution in [1.29, 1.82) is 0 Å². The van der Waals surface area contributed by atoms with Gasteiger partial charge >= 0.3 is 5.97 Å². The topological polar surface area (TPSA) is 75.4 Å². The van der Waals surface area contributed by atoms with Gasteiger partial charge in [0.25, 0.3) is 0 Å². The van der Waals surface area contributed by atoms with Crippen molar-refractivity contribution in [3.63, 3.8) is 0 Å². The number of aryl methyl sites for hydroxylation is 1. The molecular weight excluding hydrogens is 220 g/mol. The summed E-state index contributed by atoms with van der Waals surface area (Å²) in [5, 5.41) is 15.3. The van der Waals surface area contributed by atoms with Crippen LogP contribution < -0.4 is 5.32 Å². The van der Waals surface area contributed by atoms with E-state index in [4.69, 9.17) is 9.63 Å². The Bertz CT molecular complexity index is 534. The first-order valence-electron chi connectivity index (χ1n) is 5.15. The minimum Gasteiger partial charge on any atom is -0.476 e. The van der Waals surface area contributed by atoms with Crippen LogP contribution in [0.1, 0.15) is 21.8 Å². The fourth-order valence-electron chi connectivity index (χ4n) is 1.45. The number of rotatable bonds is 4. The maximum absolute atomic E-state index is 10.6. The molecule has 0 aliphatic rings. The molecule has 1 heterocycles. The fraction of sp³-hybridized carbons (Fsp3) is 0.167. The van der Waals surface area contributed by atoms with Crippen molar-refractivity contribution in [2.24, 2.45) is 0 Å². The second-order valence-corrected chi connectivity index (χ2v) is 3.65. The molecule has 0 unspecified atom stereocenters. The summed E-state index contributed by atoms with van der Waals surface area (Å²) in [6, 6.07) is 9.23. The minimum atomic E-state index is -1.09. The first-order chi connectivity index (χ1) is 8.16. The van der Waals surface area contributed by atoms with Crippen molar-refractivity contribution in [2.75, 3.05) is 5.32 Å². The third kappa shape index (κ3) is 2.63. The molecule has 0 atom stereocenters. The Morgan fingerprint density at radius 1 is 1.47 bits per heavy atom. The van der Waals surface area contributed by atoms with Crippen molar-refractivity contribution in [3.8, 4) is 0 Å². The Morgan fingerprint density at radius 3 is 2.88 bits per heavy atom. The zero-order chi connectivity index (χ0) is 12.3. The van der Waals surface area contributed by atoms with E-state index in [0.717, 1.165) is 11.3 Å². The van der Waals surface area contributed by atoms with Crippen LogP contribution in [-0.2, 0) is 6.54 Å². The van der Waals surface area contributed by atoms with Crippen molar-refractivity contribution >= 4 is 11.7 Å². The van der Waals surface area contributed by atoms with E-state index in [0.29, 0.717) is 12.3 Å². The number of hydrogen-bond acceptors (Lipinski definition) is 4. The van der Waals surface area contributed by atoms with Crippen LogP contribution in [0.5, 0.6) is 0 Å². The number of aromatic carboxylic acids is 1. The zero-order valence-electron chi connectivity index (χ0n) is 9.30. The quantitative estimate of drug-likeness (QED) is 0.845. The molecule has 5 nitrogen and oxygen atoms in total. The number of hydrogen-bond donors (Lipinski definition) is 2. The predicted octanol–water partition coefficient (Wildman–Crippen LogP) is 2.29. The Morgan fingerprint density at radius 2 is 2.24 bits per heavy atom. The molecule has 0 radical (unpaired) electrons. The van der Waals surface area contributed by atoms with E-state index in [1.54, 1.807) is 0 Å². The smallest absolute Gasteiger partial charge is 0.358 e. The van der Waals surface area contributed by atoms with Crippen molar-refractivity contribution in [1.82, 2.24) is 5.16 Å². The normalized spacial score (nSPS) is 10.2. The molecule has 5 heteroatoms. The molecule has 0 saturated heterocycles. The molecule has 2 N–H and O–H groups in total. The number of aromatic nitrogens is 1. The molecule has 0 aliphatic carbocycles. The molecule has 0 saturated carbocycles. The number of para-hydroxylation sites is 1. The number of carboxylic acids is 1. The van der Waals surface area contributed by atoms with E-state index in [-0.39, 0.29) is 5.69 Å². The molecule has 1 aromatic carbocycles. The van der Waals surface area contributed by atoms with Gasteiger partial charge in [-0.05, 0) is 18.6 Å². The van der Waals surface area contributed by atoms with Gasteiger partial charge in [-0.15, -0.1) is 0 Å². The Labute approximate surface area is 98.1 Å². The van der Waals surface area contributed by atoms with Crippen molar-refractivity contribution < 1.29 is 14.4 Å². The van der Waals surface area contributed by atoms with Crippen LogP contribution in [-0.4, -0.2) is 16.2 Å². The third-order valence-corrected chi connectivity index (χ3v) is 2.38. The Balaban J connectivity index is 2.02. The summed E-state index contributed by atoms with van der Waals surface area (Å²) in [7, 11) is 0. The third-order valence-electron chi connectivity index (χ3n) is 2.38. The van der Waals surface area contributed by atoms with Gasteiger partial charge < -0.3 is 14.9 Å². The Hall–Kier alpha value is -2.30. The number of nitrogens with zero attached hydrogens (tertiary/aromatic N) is 1. The standard InChI is InChI=1S/C12H12N2O3/c1-8-4-2-3-5-10(8)13-7-9-6-11(12(15)16)14-17-9/h2-6,13H,7H2,1H3,(H,15,16). The second kappa shape index (κ2) is 4.69. The van der Waals surface area contributed by atoms with Gasteiger partial charge in [0.2, 0.25) is 0 Å². The molecule has 0 bridgehead atoms. The summed E-state index contributed by atoms with van der Waals surface area (Å²) in [4.78, 5) is 10.6. The highest BCUT2D eigenvalue weighted by atomic mass is 16.5. The van der Waals surface area contributed by atoms with Gasteiger partial charge in [-0.1, -0.05) is 23.4 Å². The number of anilines is 1. The van der Waals surface area contributed by atoms with Crippen LogP contribution in [0.15, 0.2) is 34.9 Å². The van der Waals surface area contributed by atoms with E-state index in [1.165, 1.54) is 6.07 Å². The monoisotopic (exact) mass is 232 g/mol. The maximum Gasteiger partial charge on any atom is 0.358 e. The highest BCUT2D eigenvalue weighted by Gasteiger charge is 2.10. The van der Waals surface area contributed by atoms with Crippen molar-refractivity contribution in [3.05, 3.63) is 47.3 Å². The van der Waals surface area contributed by atoms with Gasteiger partial charge in [-0.2, -0.15) is 0 Å². The number of benzene rings is 1. The Kier molecular flexibility index (Phi) is 3.09. The lowest BCUT2D eigenvalue weighted by atomic mass is 10.2. The van der Waals surface area contributed by atoms with Crippen LogP contribution in [0.25, 0.3) is 0 Å². The van der Waals surface area contributed by atoms with Gasteiger partial charge in [-0.3, -0.25) is 0 Å². The lowest BCUT2D eigenvalue weighted by molar-refractivity contribution is 0.0685. The van der Waals surface area contributed by atoms with Gasteiger partial charge in [0.05, 0.1) is 6.54 Å². The molecule has 2 rings (SSSR count). The van der Waals surface area contributed by atoms with Crippen LogP contribution in [0.3, 0.4) is 0 Å². The highest BCUT2D eigenvalue weighted by molar-refractivity contribution is 5.85. The number of nitrogens with one attached hydrogen (secondary N) is 1. The van der Waals surface area contributed by atoms with Crippen LogP contribution in [0.4, 0.5) is 5.69 Å². The fourth-order valence-corrected chi connectivity index (χ4v) is 1.45. The summed E-state index contributed by atoms with van der Waals surface area (Å²) in [5.74, 6) is -0.596. The summed E-state index contributed by atoms with van der Waals surface area (Å²) < 4.78 is 4.89. The first kappa shape index (κ1) is 11.2. The highest BCUT2D eigenvalue weighted by Crippen LogP contribution is 2.14. The van der Waals surface area contributed by atoms with E-state index >= 15 is 0 Å². The number of carbonyl (C=O) groups is 1. The number of carboxylic acid groups (broad SMARTS) is 1. The zero-order valence-corrected chi connectivity index (χ0v) is 9.30. The molecule has 2 aromatic rings. The lowest BCUT2D eigenvalue weighted by Gasteiger charge is -2.06. The average Bonchev–Trinajstić information content (AvgIpc) is 2.77. The minimum absolute atomic E-state index is 0.0772.